The fourth-order valence-electron chi connectivity index (χ4n) is 3.32. The molecule has 0 bridgehead atoms. The largest absolute Gasteiger partial charge is 0.328 e. The molecule has 0 fully saturated rings. The molecule has 0 saturated carbocycles. The van der Waals surface area contributed by atoms with Crippen LogP contribution >= 0.6 is 0 Å². The van der Waals surface area contributed by atoms with Gasteiger partial charge in [0.2, 0.25) is 0 Å². The summed E-state index contributed by atoms with van der Waals surface area (Å²) in [5, 5.41) is 0. The van der Waals surface area contributed by atoms with Gasteiger partial charge >= 0.3 is 0 Å². The van der Waals surface area contributed by atoms with Crippen LogP contribution in [0.4, 0.5) is 0 Å². The molecule has 148 valence electrons. The standard InChI is InChI=1S/C24H42N2/c1-9-12-20(2)14-15-22-16-18-26(21(3)24(4,5)6)19-23(22)13-10-11-17-25(7)8/h16,18-19,22H,2-3,9-15,17H2,1,4-8H3. The van der Waals surface area contributed by atoms with E-state index in [1.54, 1.807) is 5.57 Å². The third kappa shape index (κ3) is 7.95. The minimum absolute atomic E-state index is 0.0825. The molecule has 0 aromatic carbocycles. The predicted molar refractivity (Wildman–Crippen MR) is 117 cm³/mol. The van der Waals surface area contributed by atoms with Crippen molar-refractivity contribution in [2.45, 2.75) is 72.6 Å². The smallest absolute Gasteiger partial charge is 0.0202 e. The Hall–Kier alpha value is -1.28. The Labute approximate surface area is 163 Å². The van der Waals surface area contributed by atoms with Crippen LogP contribution in [0.3, 0.4) is 0 Å². The number of unbranched alkanes of at least 4 members (excludes halogenated alkanes) is 1. The molecule has 2 nitrogen and oxygen atoms in total. The lowest BCUT2D eigenvalue weighted by Gasteiger charge is -2.34. The lowest BCUT2D eigenvalue weighted by Crippen LogP contribution is -2.24. The van der Waals surface area contributed by atoms with Crippen LogP contribution in [-0.4, -0.2) is 30.4 Å². The molecule has 0 radical (unpaired) electrons. The summed E-state index contributed by atoms with van der Waals surface area (Å²) in [5.74, 6) is 0.548. The fourth-order valence-corrected chi connectivity index (χ4v) is 3.32. The van der Waals surface area contributed by atoms with Gasteiger partial charge in [-0.25, -0.2) is 0 Å². The Morgan fingerprint density at radius 2 is 1.85 bits per heavy atom. The van der Waals surface area contributed by atoms with Gasteiger partial charge in [-0.2, -0.15) is 0 Å². The molecule has 1 rings (SSSR count). The van der Waals surface area contributed by atoms with E-state index in [0.717, 1.165) is 18.5 Å². The number of hydrogen-bond donors (Lipinski definition) is 0. The maximum Gasteiger partial charge on any atom is 0.0202 e. The van der Waals surface area contributed by atoms with Gasteiger partial charge in [0.25, 0.3) is 0 Å². The first-order valence-corrected chi connectivity index (χ1v) is 10.3. The third-order valence-corrected chi connectivity index (χ3v) is 5.17. The minimum Gasteiger partial charge on any atom is -0.328 e. The molecule has 26 heavy (non-hydrogen) atoms. The lowest BCUT2D eigenvalue weighted by molar-refractivity contribution is 0.381. The summed E-state index contributed by atoms with van der Waals surface area (Å²) >= 11 is 0. The van der Waals surface area contributed by atoms with Gasteiger partial charge in [0, 0.05) is 29.4 Å². The number of allylic oxidation sites excluding steroid dienone is 4. The molecular formula is C24H42N2. The molecule has 0 amide bonds. The fraction of sp³-hybridized carbons (Fsp3) is 0.667. The Bertz CT molecular complexity index is 517. The average Bonchev–Trinajstić information content (AvgIpc) is 2.56. The molecule has 0 aromatic heterocycles. The monoisotopic (exact) mass is 358 g/mol. The van der Waals surface area contributed by atoms with Crippen LogP contribution in [-0.2, 0) is 0 Å². The van der Waals surface area contributed by atoms with E-state index in [9.17, 15) is 0 Å². The van der Waals surface area contributed by atoms with Gasteiger partial charge in [-0.15, -0.1) is 0 Å². The zero-order valence-electron chi connectivity index (χ0n) is 18.3. The molecule has 0 aliphatic carbocycles. The van der Waals surface area contributed by atoms with E-state index in [1.165, 1.54) is 44.2 Å². The second kappa shape index (κ2) is 10.8. The lowest BCUT2D eigenvalue weighted by atomic mass is 9.86. The van der Waals surface area contributed by atoms with Crippen LogP contribution in [0.15, 0.2) is 48.5 Å². The number of hydrogen-bond acceptors (Lipinski definition) is 2. The number of rotatable bonds is 11. The molecule has 0 spiro atoms. The van der Waals surface area contributed by atoms with Crippen LogP contribution in [0.2, 0.25) is 0 Å². The highest BCUT2D eigenvalue weighted by Crippen LogP contribution is 2.34. The highest BCUT2D eigenvalue weighted by Gasteiger charge is 2.23. The van der Waals surface area contributed by atoms with Gasteiger partial charge in [-0.05, 0) is 64.7 Å². The van der Waals surface area contributed by atoms with Crippen molar-refractivity contribution in [2.75, 3.05) is 20.6 Å². The molecule has 2 heteroatoms. The molecule has 1 aliphatic heterocycles. The molecule has 1 atom stereocenters. The van der Waals surface area contributed by atoms with E-state index >= 15 is 0 Å². The first-order chi connectivity index (χ1) is 12.1. The first-order valence-electron chi connectivity index (χ1n) is 10.3. The third-order valence-electron chi connectivity index (χ3n) is 5.17. The zero-order chi connectivity index (χ0) is 19.7. The van der Waals surface area contributed by atoms with E-state index < -0.39 is 0 Å². The maximum absolute atomic E-state index is 4.34. The van der Waals surface area contributed by atoms with Crippen molar-refractivity contribution in [3.05, 3.63) is 48.5 Å². The van der Waals surface area contributed by atoms with Crippen molar-refractivity contribution in [2.24, 2.45) is 11.3 Å². The van der Waals surface area contributed by atoms with Crippen LogP contribution in [0.25, 0.3) is 0 Å². The maximum atomic E-state index is 4.34. The highest BCUT2D eigenvalue weighted by molar-refractivity contribution is 5.25. The topological polar surface area (TPSA) is 6.48 Å². The summed E-state index contributed by atoms with van der Waals surface area (Å²) < 4.78 is 0. The highest BCUT2D eigenvalue weighted by atomic mass is 15.1. The Morgan fingerprint density at radius 1 is 1.15 bits per heavy atom. The number of nitrogens with zero attached hydrogens (tertiary/aromatic N) is 2. The van der Waals surface area contributed by atoms with Crippen LogP contribution in [0.5, 0.6) is 0 Å². The van der Waals surface area contributed by atoms with Gasteiger partial charge in [0.1, 0.15) is 0 Å². The molecular weight excluding hydrogens is 316 g/mol. The second-order valence-electron chi connectivity index (χ2n) is 9.06. The molecule has 0 saturated heterocycles. The average molecular weight is 359 g/mol. The Morgan fingerprint density at radius 3 is 2.42 bits per heavy atom. The van der Waals surface area contributed by atoms with Crippen molar-refractivity contribution in [3.8, 4) is 0 Å². The normalized spacial score (nSPS) is 17.6. The van der Waals surface area contributed by atoms with Gasteiger partial charge in [-0.3, -0.25) is 0 Å². The minimum atomic E-state index is 0.0825. The van der Waals surface area contributed by atoms with E-state index in [1.807, 2.05) is 0 Å². The quantitative estimate of drug-likeness (QED) is 0.298. The summed E-state index contributed by atoms with van der Waals surface area (Å²) in [6.07, 6.45) is 15.3. The van der Waals surface area contributed by atoms with Gasteiger partial charge in [0.15, 0.2) is 0 Å². The van der Waals surface area contributed by atoms with E-state index in [4.69, 9.17) is 0 Å². The molecule has 1 unspecified atom stereocenters. The summed E-state index contributed by atoms with van der Waals surface area (Å²) in [5.41, 5.74) is 4.20. The summed E-state index contributed by atoms with van der Waals surface area (Å²) in [6.45, 7) is 18.7. The van der Waals surface area contributed by atoms with E-state index in [-0.39, 0.29) is 5.41 Å². The predicted octanol–water partition coefficient (Wildman–Crippen LogP) is 6.74. The van der Waals surface area contributed by atoms with Crippen molar-refractivity contribution >= 4 is 0 Å². The molecule has 0 aromatic rings. The molecule has 0 N–H and O–H groups in total. The first kappa shape index (κ1) is 22.8. The molecule has 1 heterocycles. The SMILES string of the molecule is C=C(CCC)CCC1C=CN(C(=C)C(C)(C)C)C=C1CCCCN(C)C. The van der Waals surface area contributed by atoms with Gasteiger partial charge in [0.05, 0.1) is 0 Å². The van der Waals surface area contributed by atoms with Gasteiger partial charge in [-0.1, -0.05) is 58.9 Å². The zero-order valence-corrected chi connectivity index (χ0v) is 18.3. The van der Waals surface area contributed by atoms with Crippen molar-refractivity contribution < 1.29 is 0 Å². The summed E-state index contributed by atoms with van der Waals surface area (Å²) in [4.78, 5) is 4.52. The Balaban J connectivity index is 2.77. The van der Waals surface area contributed by atoms with Crippen LogP contribution < -0.4 is 0 Å². The van der Waals surface area contributed by atoms with E-state index in [0.29, 0.717) is 5.92 Å². The van der Waals surface area contributed by atoms with Crippen molar-refractivity contribution in [3.63, 3.8) is 0 Å². The summed E-state index contributed by atoms with van der Waals surface area (Å²) in [7, 11) is 4.31. The second-order valence-corrected chi connectivity index (χ2v) is 9.06. The van der Waals surface area contributed by atoms with Crippen LogP contribution in [0, 0.1) is 11.3 Å². The summed E-state index contributed by atoms with van der Waals surface area (Å²) in [6, 6.07) is 0. The Kier molecular flexibility index (Phi) is 9.43. The van der Waals surface area contributed by atoms with Crippen molar-refractivity contribution in [1.82, 2.24) is 9.80 Å². The van der Waals surface area contributed by atoms with Crippen LogP contribution in [0.1, 0.15) is 72.6 Å². The van der Waals surface area contributed by atoms with Crippen molar-refractivity contribution in [1.29, 1.82) is 0 Å². The van der Waals surface area contributed by atoms with E-state index in [2.05, 4.69) is 83.2 Å². The molecule has 1 aliphatic rings. The van der Waals surface area contributed by atoms with Gasteiger partial charge < -0.3 is 9.80 Å².